The summed E-state index contributed by atoms with van der Waals surface area (Å²) in [6.07, 6.45) is -0.174. The van der Waals surface area contributed by atoms with Crippen LogP contribution in [0.15, 0.2) is 71.3 Å². The molecule has 1 atom stereocenters. The first-order chi connectivity index (χ1) is 11.7. The van der Waals surface area contributed by atoms with E-state index in [1.165, 1.54) is 0 Å². The lowest BCUT2D eigenvalue weighted by Crippen LogP contribution is -2.33. The summed E-state index contributed by atoms with van der Waals surface area (Å²) in [6, 6.07) is 20.7. The van der Waals surface area contributed by atoms with Crippen molar-refractivity contribution in [1.82, 2.24) is 10.5 Å². The SMILES string of the molecule is O=C(NCC(O)Cc1ccccc1)c1cc(-c2ccccc2)on1. The van der Waals surface area contributed by atoms with Crippen LogP contribution in [0.1, 0.15) is 16.1 Å². The summed E-state index contributed by atoms with van der Waals surface area (Å²) in [4.78, 5) is 12.1. The molecule has 0 saturated carbocycles. The van der Waals surface area contributed by atoms with Crippen molar-refractivity contribution in [2.75, 3.05) is 6.54 Å². The molecule has 2 aromatic carbocycles. The fourth-order valence-corrected chi connectivity index (χ4v) is 2.38. The van der Waals surface area contributed by atoms with Crippen LogP contribution in [0.4, 0.5) is 0 Å². The molecule has 0 fully saturated rings. The van der Waals surface area contributed by atoms with Crippen LogP contribution in [0.25, 0.3) is 11.3 Å². The van der Waals surface area contributed by atoms with Gasteiger partial charge >= 0.3 is 0 Å². The molecule has 5 heteroatoms. The van der Waals surface area contributed by atoms with E-state index in [1.54, 1.807) is 6.07 Å². The second-order valence-electron chi connectivity index (χ2n) is 5.50. The van der Waals surface area contributed by atoms with Gasteiger partial charge in [-0.25, -0.2) is 0 Å². The van der Waals surface area contributed by atoms with Crippen molar-refractivity contribution in [3.8, 4) is 11.3 Å². The number of nitrogens with zero attached hydrogens (tertiary/aromatic N) is 1. The number of hydrogen-bond acceptors (Lipinski definition) is 4. The third-order valence-electron chi connectivity index (χ3n) is 3.61. The van der Waals surface area contributed by atoms with Crippen LogP contribution in [-0.2, 0) is 6.42 Å². The molecule has 3 rings (SSSR count). The quantitative estimate of drug-likeness (QED) is 0.731. The van der Waals surface area contributed by atoms with Gasteiger partial charge in [-0.2, -0.15) is 0 Å². The highest BCUT2D eigenvalue weighted by molar-refractivity contribution is 5.93. The van der Waals surface area contributed by atoms with E-state index in [4.69, 9.17) is 4.52 Å². The van der Waals surface area contributed by atoms with Crippen LogP contribution < -0.4 is 5.32 Å². The summed E-state index contributed by atoms with van der Waals surface area (Å²) >= 11 is 0. The van der Waals surface area contributed by atoms with E-state index in [0.717, 1.165) is 11.1 Å². The summed E-state index contributed by atoms with van der Waals surface area (Å²) in [6.45, 7) is 0.154. The van der Waals surface area contributed by atoms with Crippen LogP contribution in [0, 0.1) is 0 Å². The molecule has 1 amide bonds. The molecule has 0 aliphatic rings. The fourth-order valence-electron chi connectivity index (χ4n) is 2.38. The molecule has 24 heavy (non-hydrogen) atoms. The molecule has 0 radical (unpaired) electrons. The van der Waals surface area contributed by atoms with Crippen molar-refractivity contribution in [3.05, 3.63) is 78.0 Å². The van der Waals surface area contributed by atoms with Gasteiger partial charge in [0.2, 0.25) is 0 Å². The molecular formula is C19H18N2O3. The van der Waals surface area contributed by atoms with Gasteiger partial charge in [-0.1, -0.05) is 65.8 Å². The maximum Gasteiger partial charge on any atom is 0.273 e. The molecule has 0 saturated heterocycles. The summed E-state index contributed by atoms with van der Waals surface area (Å²) in [5.74, 6) is 0.165. The lowest BCUT2D eigenvalue weighted by molar-refractivity contribution is 0.0907. The summed E-state index contributed by atoms with van der Waals surface area (Å²) in [5.41, 5.74) is 2.07. The first-order valence-corrected chi connectivity index (χ1v) is 7.74. The van der Waals surface area contributed by atoms with E-state index in [2.05, 4.69) is 10.5 Å². The van der Waals surface area contributed by atoms with Gasteiger partial charge in [0.05, 0.1) is 6.10 Å². The zero-order valence-corrected chi connectivity index (χ0v) is 13.1. The summed E-state index contributed by atoms with van der Waals surface area (Å²) < 4.78 is 5.20. The number of aromatic nitrogens is 1. The molecule has 0 spiro atoms. The predicted octanol–water partition coefficient (Wildman–Crippen LogP) is 2.68. The number of amides is 1. The zero-order valence-electron chi connectivity index (χ0n) is 13.1. The van der Waals surface area contributed by atoms with Crippen LogP contribution in [0.3, 0.4) is 0 Å². The molecule has 1 aromatic heterocycles. The maximum absolute atomic E-state index is 12.1. The van der Waals surface area contributed by atoms with Gasteiger partial charge in [0.1, 0.15) is 0 Å². The summed E-state index contributed by atoms with van der Waals surface area (Å²) in [5, 5.41) is 16.5. The van der Waals surface area contributed by atoms with E-state index in [0.29, 0.717) is 12.2 Å². The van der Waals surface area contributed by atoms with E-state index in [-0.39, 0.29) is 18.1 Å². The Hall–Kier alpha value is -2.92. The molecule has 0 aliphatic heterocycles. The molecular weight excluding hydrogens is 304 g/mol. The average Bonchev–Trinajstić information content (AvgIpc) is 3.11. The molecule has 122 valence electrons. The monoisotopic (exact) mass is 322 g/mol. The Kier molecular flexibility index (Phi) is 5.03. The molecule has 1 unspecified atom stereocenters. The van der Waals surface area contributed by atoms with Crippen molar-refractivity contribution < 1.29 is 14.4 Å². The van der Waals surface area contributed by atoms with Crippen molar-refractivity contribution in [1.29, 1.82) is 0 Å². The highest BCUT2D eigenvalue weighted by Crippen LogP contribution is 2.19. The standard InChI is InChI=1S/C19H18N2O3/c22-16(11-14-7-3-1-4-8-14)13-20-19(23)17-12-18(24-21-17)15-9-5-2-6-10-15/h1-10,12,16,22H,11,13H2,(H,20,23). The Bertz CT molecular complexity index is 785. The lowest BCUT2D eigenvalue weighted by atomic mass is 10.1. The second kappa shape index (κ2) is 7.57. The van der Waals surface area contributed by atoms with Gasteiger partial charge in [-0.15, -0.1) is 0 Å². The highest BCUT2D eigenvalue weighted by Gasteiger charge is 2.15. The van der Waals surface area contributed by atoms with E-state index < -0.39 is 6.10 Å². The van der Waals surface area contributed by atoms with Gasteiger partial charge < -0.3 is 14.9 Å². The minimum Gasteiger partial charge on any atom is -0.391 e. The van der Waals surface area contributed by atoms with Crippen molar-refractivity contribution in [3.63, 3.8) is 0 Å². The molecule has 0 bridgehead atoms. The van der Waals surface area contributed by atoms with Gasteiger partial charge in [0.15, 0.2) is 11.5 Å². The second-order valence-corrected chi connectivity index (χ2v) is 5.50. The number of aliphatic hydroxyl groups excluding tert-OH is 1. The Balaban J connectivity index is 1.55. The van der Waals surface area contributed by atoms with Gasteiger partial charge in [-0.3, -0.25) is 4.79 Å². The van der Waals surface area contributed by atoms with Gasteiger partial charge in [0.25, 0.3) is 5.91 Å². The van der Waals surface area contributed by atoms with Crippen molar-refractivity contribution in [2.45, 2.75) is 12.5 Å². The number of benzene rings is 2. The zero-order chi connectivity index (χ0) is 16.8. The Morgan fingerprint density at radius 3 is 2.46 bits per heavy atom. The van der Waals surface area contributed by atoms with Crippen LogP contribution in [0.5, 0.6) is 0 Å². The largest absolute Gasteiger partial charge is 0.391 e. The molecule has 1 heterocycles. The maximum atomic E-state index is 12.1. The van der Waals surface area contributed by atoms with Crippen molar-refractivity contribution in [2.24, 2.45) is 0 Å². The first kappa shape index (κ1) is 16.0. The van der Waals surface area contributed by atoms with Crippen LogP contribution >= 0.6 is 0 Å². The van der Waals surface area contributed by atoms with Crippen molar-refractivity contribution >= 4 is 5.91 Å². The normalized spacial score (nSPS) is 11.9. The number of nitrogens with one attached hydrogen (secondary N) is 1. The number of aliphatic hydroxyl groups is 1. The third kappa shape index (κ3) is 4.08. The smallest absolute Gasteiger partial charge is 0.273 e. The Morgan fingerprint density at radius 2 is 1.75 bits per heavy atom. The molecule has 5 nitrogen and oxygen atoms in total. The molecule has 2 N–H and O–H groups in total. The predicted molar refractivity (Wildman–Crippen MR) is 90.4 cm³/mol. The topological polar surface area (TPSA) is 75.4 Å². The number of hydrogen-bond donors (Lipinski definition) is 2. The Labute approximate surface area is 139 Å². The molecule has 3 aromatic rings. The van der Waals surface area contributed by atoms with Crippen LogP contribution in [0.2, 0.25) is 0 Å². The average molecular weight is 322 g/mol. The lowest BCUT2D eigenvalue weighted by Gasteiger charge is -2.11. The highest BCUT2D eigenvalue weighted by atomic mass is 16.5. The number of rotatable bonds is 6. The number of carbonyl (C=O) groups excluding carboxylic acids is 1. The minimum absolute atomic E-state index is 0.154. The third-order valence-corrected chi connectivity index (χ3v) is 3.61. The Morgan fingerprint density at radius 1 is 1.08 bits per heavy atom. The van der Waals surface area contributed by atoms with E-state index >= 15 is 0 Å². The number of carbonyl (C=O) groups is 1. The van der Waals surface area contributed by atoms with Crippen LogP contribution in [-0.4, -0.2) is 28.8 Å². The first-order valence-electron chi connectivity index (χ1n) is 7.74. The van der Waals surface area contributed by atoms with E-state index in [9.17, 15) is 9.90 Å². The van der Waals surface area contributed by atoms with E-state index in [1.807, 2.05) is 60.7 Å². The summed E-state index contributed by atoms with van der Waals surface area (Å²) in [7, 11) is 0. The van der Waals surface area contributed by atoms with Gasteiger partial charge in [0, 0.05) is 24.6 Å². The van der Waals surface area contributed by atoms with Gasteiger partial charge in [-0.05, 0) is 5.56 Å². The molecule has 0 aliphatic carbocycles. The minimum atomic E-state index is -0.656. The fraction of sp³-hybridized carbons (Fsp3) is 0.158.